The molecule has 0 heterocycles. The number of carbonyl (C=O) groups is 1. The number of nitrogens with zero attached hydrogens (tertiary/aromatic N) is 1. The highest BCUT2D eigenvalue weighted by molar-refractivity contribution is 6.39. The quantitative estimate of drug-likeness (QED) is 0.653. The largest absolute Gasteiger partial charge is 0.365 e. The van der Waals surface area contributed by atoms with Crippen molar-refractivity contribution in [1.29, 1.82) is 0 Å². The molecule has 0 bridgehead atoms. The molecule has 0 fully saturated rings. The molecule has 26 heavy (non-hydrogen) atoms. The Morgan fingerprint density at radius 2 is 1.65 bits per heavy atom. The molecule has 0 saturated heterocycles. The molecule has 140 valence electrons. The van der Waals surface area contributed by atoms with Gasteiger partial charge in [0.25, 0.3) is 0 Å². The lowest BCUT2D eigenvalue weighted by molar-refractivity contribution is -0.125. The third kappa shape index (κ3) is 5.13. The summed E-state index contributed by atoms with van der Waals surface area (Å²) in [5.74, 6) is -0.126. The zero-order chi connectivity index (χ0) is 19.2. The predicted octanol–water partition coefficient (Wildman–Crippen LogP) is 4.39. The maximum absolute atomic E-state index is 13.1. The van der Waals surface area contributed by atoms with Gasteiger partial charge >= 0.3 is 0 Å². The maximum Gasteiger partial charge on any atom is 0.250 e. The number of para-hydroxylation sites is 1. The topological polar surface area (TPSA) is 44.4 Å². The van der Waals surface area contributed by atoms with Gasteiger partial charge in [-0.15, -0.1) is 0 Å². The van der Waals surface area contributed by atoms with Crippen molar-refractivity contribution in [2.75, 3.05) is 32.5 Å². The summed E-state index contributed by atoms with van der Waals surface area (Å²) in [6.45, 7) is 3.34. The SMILES string of the molecule is CN(C)CCCNC(=O)C(C)(Nc1c(Cl)cccc1Cl)c1ccccc1. The molecule has 1 unspecified atom stereocenters. The molecule has 1 amide bonds. The molecular weight excluding hydrogens is 369 g/mol. The zero-order valence-electron chi connectivity index (χ0n) is 15.4. The van der Waals surface area contributed by atoms with E-state index in [2.05, 4.69) is 15.5 Å². The van der Waals surface area contributed by atoms with Crippen LogP contribution in [0.5, 0.6) is 0 Å². The summed E-state index contributed by atoms with van der Waals surface area (Å²) in [5.41, 5.74) is 0.375. The van der Waals surface area contributed by atoms with Crippen molar-refractivity contribution in [2.45, 2.75) is 18.9 Å². The number of nitrogens with one attached hydrogen (secondary N) is 2. The monoisotopic (exact) mass is 393 g/mol. The number of anilines is 1. The molecule has 0 saturated carbocycles. The van der Waals surface area contributed by atoms with Crippen LogP contribution in [0.15, 0.2) is 48.5 Å². The molecule has 2 rings (SSSR count). The fraction of sp³-hybridized carbons (Fsp3) is 0.350. The van der Waals surface area contributed by atoms with Crippen molar-refractivity contribution in [1.82, 2.24) is 10.2 Å². The van der Waals surface area contributed by atoms with Crippen LogP contribution >= 0.6 is 23.2 Å². The summed E-state index contributed by atoms with van der Waals surface area (Å²) in [4.78, 5) is 15.2. The smallest absolute Gasteiger partial charge is 0.250 e. The lowest BCUT2D eigenvalue weighted by Gasteiger charge is -2.32. The Hall–Kier alpha value is -1.75. The predicted molar refractivity (Wildman–Crippen MR) is 110 cm³/mol. The van der Waals surface area contributed by atoms with Crippen LogP contribution in [0.3, 0.4) is 0 Å². The summed E-state index contributed by atoms with van der Waals surface area (Å²) in [5, 5.41) is 7.24. The summed E-state index contributed by atoms with van der Waals surface area (Å²) in [7, 11) is 4.02. The first-order valence-electron chi connectivity index (χ1n) is 8.55. The van der Waals surface area contributed by atoms with Crippen LogP contribution in [0.2, 0.25) is 10.0 Å². The van der Waals surface area contributed by atoms with E-state index in [0.717, 1.165) is 18.5 Å². The zero-order valence-corrected chi connectivity index (χ0v) is 16.9. The first-order valence-corrected chi connectivity index (χ1v) is 9.31. The molecule has 0 aliphatic heterocycles. The van der Waals surface area contributed by atoms with E-state index >= 15 is 0 Å². The minimum Gasteiger partial charge on any atom is -0.365 e. The van der Waals surface area contributed by atoms with E-state index in [0.29, 0.717) is 22.3 Å². The van der Waals surface area contributed by atoms with Crippen molar-refractivity contribution in [3.8, 4) is 0 Å². The van der Waals surface area contributed by atoms with E-state index in [1.54, 1.807) is 18.2 Å². The molecule has 4 nitrogen and oxygen atoms in total. The first-order chi connectivity index (χ1) is 12.3. The molecule has 0 aromatic heterocycles. The van der Waals surface area contributed by atoms with Gasteiger partial charge in [-0.3, -0.25) is 4.79 Å². The molecule has 0 radical (unpaired) electrons. The van der Waals surface area contributed by atoms with Gasteiger partial charge in [-0.05, 0) is 51.7 Å². The molecular formula is C20H25Cl2N3O. The normalized spacial score (nSPS) is 13.3. The minimum absolute atomic E-state index is 0.126. The number of amides is 1. The van der Waals surface area contributed by atoms with Crippen molar-refractivity contribution in [3.63, 3.8) is 0 Å². The summed E-state index contributed by atoms with van der Waals surface area (Å²) in [6.07, 6.45) is 0.871. The van der Waals surface area contributed by atoms with Crippen molar-refractivity contribution in [3.05, 3.63) is 64.1 Å². The number of benzene rings is 2. The highest BCUT2D eigenvalue weighted by Crippen LogP contribution is 2.35. The van der Waals surface area contributed by atoms with E-state index in [-0.39, 0.29) is 5.91 Å². The van der Waals surface area contributed by atoms with Gasteiger partial charge in [0.05, 0.1) is 15.7 Å². The fourth-order valence-corrected chi connectivity index (χ4v) is 3.16. The van der Waals surface area contributed by atoms with E-state index in [4.69, 9.17) is 23.2 Å². The third-order valence-electron chi connectivity index (χ3n) is 4.21. The molecule has 2 N–H and O–H groups in total. The summed E-state index contributed by atoms with van der Waals surface area (Å²) < 4.78 is 0. The van der Waals surface area contributed by atoms with Crippen LogP contribution in [-0.2, 0) is 10.3 Å². The van der Waals surface area contributed by atoms with E-state index in [1.165, 1.54) is 0 Å². The van der Waals surface area contributed by atoms with E-state index in [1.807, 2.05) is 51.4 Å². The summed E-state index contributed by atoms with van der Waals surface area (Å²) >= 11 is 12.6. The summed E-state index contributed by atoms with van der Waals surface area (Å²) in [6, 6.07) is 14.8. The van der Waals surface area contributed by atoms with Crippen molar-refractivity contribution in [2.24, 2.45) is 0 Å². The molecule has 0 spiro atoms. The molecule has 6 heteroatoms. The lowest BCUT2D eigenvalue weighted by Crippen LogP contribution is -2.48. The van der Waals surface area contributed by atoms with Crippen molar-refractivity contribution < 1.29 is 4.79 Å². The number of hydrogen-bond acceptors (Lipinski definition) is 3. The Balaban J connectivity index is 2.27. The molecule has 1 atom stereocenters. The number of hydrogen-bond donors (Lipinski definition) is 2. The second-order valence-electron chi connectivity index (χ2n) is 6.63. The highest BCUT2D eigenvalue weighted by atomic mass is 35.5. The van der Waals surface area contributed by atoms with Gasteiger partial charge in [0.2, 0.25) is 5.91 Å². The van der Waals surface area contributed by atoms with E-state index < -0.39 is 5.54 Å². The minimum atomic E-state index is -1.01. The van der Waals surface area contributed by atoms with Gasteiger partial charge in [0.15, 0.2) is 0 Å². The Morgan fingerprint density at radius 1 is 1.04 bits per heavy atom. The van der Waals surface area contributed by atoms with Crippen LogP contribution in [0.4, 0.5) is 5.69 Å². The number of halogens is 2. The van der Waals surface area contributed by atoms with Crippen LogP contribution in [0.1, 0.15) is 18.9 Å². The second kappa shape index (κ2) is 9.26. The Kier molecular flexibility index (Phi) is 7.33. The van der Waals surface area contributed by atoms with Crippen molar-refractivity contribution >= 4 is 34.8 Å². The van der Waals surface area contributed by atoms with Gasteiger partial charge in [-0.25, -0.2) is 0 Å². The fourth-order valence-electron chi connectivity index (χ4n) is 2.67. The van der Waals surface area contributed by atoms with Crippen LogP contribution in [0.25, 0.3) is 0 Å². The average Bonchev–Trinajstić information content (AvgIpc) is 2.62. The Labute approximate surface area is 165 Å². The molecule has 0 aliphatic carbocycles. The van der Waals surface area contributed by atoms with Crippen LogP contribution in [-0.4, -0.2) is 38.0 Å². The van der Waals surface area contributed by atoms with Gasteiger partial charge in [-0.2, -0.15) is 0 Å². The molecule has 0 aliphatic rings. The van der Waals surface area contributed by atoms with Crippen LogP contribution < -0.4 is 10.6 Å². The number of rotatable bonds is 8. The van der Waals surface area contributed by atoms with E-state index in [9.17, 15) is 4.79 Å². The average molecular weight is 394 g/mol. The molecule has 2 aromatic carbocycles. The van der Waals surface area contributed by atoms with Gasteiger partial charge in [0.1, 0.15) is 5.54 Å². The third-order valence-corrected chi connectivity index (χ3v) is 4.84. The van der Waals surface area contributed by atoms with Gasteiger partial charge < -0.3 is 15.5 Å². The Morgan fingerprint density at radius 3 is 2.23 bits per heavy atom. The van der Waals surface area contributed by atoms with Gasteiger partial charge in [-0.1, -0.05) is 59.6 Å². The first kappa shape index (κ1) is 20.6. The Bertz CT molecular complexity index is 717. The molecule has 2 aromatic rings. The second-order valence-corrected chi connectivity index (χ2v) is 7.44. The van der Waals surface area contributed by atoms with Gasteiger partial charge in [0, 0.05) is 6.54 Å². The lowest BCUT2D eigenvalue weighted by atomic mass is 9.90. The van der Waals surface area contributed by atoms with Crippen LogP contribution in [0, 0.1) is 0 Å². The standard InChI is InChI=1S/C20H25Cl2N3O/c1-20(15-9-5-4-6-10-15,19(26)23-13-8-14-25(2)3)24-18-16(21)11-7-12-17(18)22/h4-7,9-12,24H,8,13-14H2,1-3H3,(H,23,26). The number of carbonyl (C=O) groups excluding carboxylic acids is 1. The highest BCUT2D eigenvalue weighted by Gasteiger charge is 2.36. The maximum atomic E-state index is 13.1.